The molecule has 1 unspecified atom stereocenters. The van der Waals surface area contributed by atoms with Crippen LogP contribution in [0.1, 0.15) is 86.9 Å². The van der Waals surface area contributed by atoms with Gasteiger partial charge in [-0.15, -0.1) is 0 Å². The molecule has 260 valence electrons. The first-order valence-electron chi connectivity index (χ1n) is 15.7. The number of rotatable bonds is 18. The zero-order chi connectivity index (χ0) is 34.8. The van der Waals surface area contributed by atoms with Crippen LogP contribution in [-0.2, 0) is 25.0 Å². The molecule has 0 aliphatic heterocycles. The van der Waals surface area contributed by atoms with Crippen molar-refractivity contribution in [1.29, 1.82) is 0 Å². The molecule has 2 rings (SSSR count). The number of aliphatic hydroxyl groups excluding tert-OH is 1. The molecule has 0 aromatic heterocycles. The van der Waals surface area contributed by atoms with Crippen LogP contribution >= 0.6 is 28.7 Å². The fourth-order valence-corrected chi connectivity index (χ4v) is 4.86. The van der Waals surface area contributed by atoms with Gasteiger partial charge in [-0.05, 0) is 105 Å². The average Bonchev–Trinajstić information content (AvgIpc) is 2.93. The molecule has 0 saturated carbocycles. The smallest absolute Gasteiger partial charge is 0.410 e. The van der Waals surface area contributed by atoms with Crippen molar-refractivity contribution in [2.24, 2.45) is 0 Å². The maximum absolute atomic E-state index is 12.9. The number of halogens is 1. The predicted octanol–water partition coefficient (Wildman–Crippen LogP) is 9.21. The van der Waals surface area contributed by atoms with E-state index in [0.717, 1.165) is 58.2 Å². The van der Waals surface area contributed by atoms with Gasteiger partial charge in [-0.3, -0.25) is 9.36 Å². The molecule has 0 bridgehead atoms. The zero-order valence-corrected chi connectivity index (χ0v) is 32.0. The highest BCUT2D eigenvalue weighted by molar-refractivity contribution is 9.40. The number of carbonyl (C=O) groups is 2. The highest BCUT2D eigenvalue weighted by atomic mass is 79.9. The summed E-state index contributed by atoms with van der Waals surface area (Å²) in [6, 6.07) is 15.1. The Bertz CT molecular complexity index is 1270. The van der Waals surface area contributed by atoms with Gasteiger partial charge in [-0.25, -0.2) is 4.79 Å². The summed E-state index contributed by atoms with van der Waals surface area (Å²) in [5.74, 6) is -1.63. The number of ether oxygens (including phenoxy) is 2. The second-order valence-electron chi connectivity index (χ2n) is 12.9. The lowest BCUT2D eigenvalue weighted by Crippen LogP contribution is -2.39. The molecule has 2 aromatic carbocycles. The Hall–Kier alpha value is -1.96. The molecule has 0 aliphatic carbocycles. The van der Waals surface area contributed by atoms with Crippen LogP contribution in [0.4, 0.5) is 4.79 Å². The third kappa shape index (κ3) is 21.8. The monoisotopic (exact) mass is 745 g/mol. The van der Waals surface area contributed by atoms with Crippen LogP contribution in [0.3, 0.4) is 0 Å². The second kappa shape index (κ2) is 21.1. The van der Waals surface area contributed by atoms with Crippen molar-refractivity contribution in [3.8, 4) is 5.75 Å². The van der Waals surface area contributed by atoms with Gasteiger partial charge in [0.2, 0.25) is 7.37 Å². The van der Waals surface area contributed by atoms with E-state index in [1.807, 2.05) is 6.07 Å². The predicted molar refractivity (Wildman–Crippen MR) is 192 cm³/mol. The van der Waals surface area contributed by atoms with E-state index in [1.54, 1.807) is 40.2 Å². The quantitative estimate of drug-likeness (QED) is 0.0912. The van der Waals surface area contributed by atoms with E-state index >= 15 is 0 Å². The van der Waals surface area contributed by atoms with E-state index < -0.39 is 31.0 Å². The maximum atomic E-state index is 12.9. The maximum Gasteiger partial charge on any atom is 0.410 e. The Kier molecular flexibility index (Phi) is 19.3. The molecule has 46 heavy (non-hydrogen) atoms. The van der Waals surface area contributed by atoms with Gasteiger partial charge in [-0.1, -0.05) is 49.2 Å². The van der Waals surface area contributed by atoms with Gasteiger partial charge in [0.25, 0.3) is 0 Å². The Labute approximate surface area is 284 Å². The number of unbranched alkanes of at least 4 members (excludes halogenated alkanes) is 4. The summed E-state index contributed by atoms with van der Waals surface area (Å²) in [4.78, 5) is 26.0. The van der Waals surface area contributed by atoms with Crippen LogP contribution in [0, 0.1) is 0 Å². The Morgan fingerprint density at radius 1 is 0.935 bits per heavy atom. The lowest BCUT2D eigenvalue weighted by Gasteiger charge is -2.29. The van der Waals surface area contributed by atoms with Crippen LogP contribution in [0.15, 0.2) is 48.5 Å². The second-order valence-corrected chi connectivity index (χ2v) is 23.1. The van der Waals surface area contributed by atoms with E-state index in [9.17, 15) is 23.8 Å². The topological polar surface area (TPSA) is 119 Å². The molecule has 9 nitrogen and oxygen atoms in total. The van der Waals surface area contributed by atoms with Crippen molar-refractivity contribution in [1.82, 2.24) is 4.90 Å². The molecule has 0 heterocycles. The van der Waals surface area contributed by atoms with E-state index in [0.29, 0.717) is 18.4 Å². The Morgan fingerprint density at radius 2 is 1.52 bits per heavy atom. The first-order chi connectivity index (χ1) is 21.4. The highest BCUT2D eigenvalue weighted by Crippen LogP contribution is 2.44. The van der Waals surface area contributed by atoms with Gasteiger partial charge in [0.05, 0.1) is 18.2 Å². The van der Waals surface area contributed by atoms with E-state index in [4.69, 9.17) is 14.0 Å². The fourth-order valence-electron chi connectivity index (χ4n) is 4.22. The molecule has 2 aromatic rings. The summed E-state index contributed by atoms with van der Waals surface area (Å²) in [6.45, 7) is 13.6. The van der Waals surface area contributed by atoms with E-state index in [-0.39, 0.29) is 17.9 Å². The molecular formula is C34H54BrNO8P2. The minimum absolute atomic E-state index is 0.0134. The lowest BCUT2D eigenvalue weighted by molar-refractivity contribution is 0.0140. The summed E-state index contributed by atoms with van der Waals surface area (Å²) < 4.78 is 38.9. The van der Waals surface area contributed by atoms with Crippen LogP contribution in [0.25, 0.3) is 0 Å². The third-order valence-corrected chi connectivity index (χ3v) is 6.86. The van der Waals surface area contributed by atoms with Crippen LogP contribution in [0.5, 0.6) is 5.75 Å². The Morgan fingerprint density at radius 3 is 2.09 bits per heavy atom. The molecule has 0 aliphatic rings. The lowest BCUT2D eigenvalue weighted by atomic mass is 10.0. The summed E-state index contributed by atoms with van der Waals surface area (Å²) in [6.07, 6.45) is 5.92. The van der Waals surface area contributed by atoms with Crippen molar-refractivity contribution in [2.45, 2.75) is 77.4 Å². The average molecular weight is 747 g/mol. The normalized spacial score (nSPS) is 12.5. The molecule has 0 spiro atoms. The summed E-state index contributed by atoms with van der Waals surface area (Å²) in [7, 11) is -2.86. The SMILES string of the molecule is CC(C)(C)OC(=O)N(CCCCCCOCCCCc1ccccc1)CC(O)c1ccc(OP(C)(C)=O)c(C=O)c1.CP(C)(=O)Br. The van der Waals surface area contributed by atoms with E-state index in [2.05, 4.69) is 39.8 Å². The summed E-state index contributed by atoms with van der Waals surface area (Å²) in [5, 5.41) is 10.9. The molecule has 0 fully saturated rings. The third-order valence-electron chi connectivity index (χ3n) is 6.22. The number of aliphatic hydroxyl groups is 1. The van der Waals surface area contributed by atoms with Crippen molar-refractivity contribution < 1.29 is 37.8 Å². The van der Waals surface area contributed by atoms with Crippen molar-refractivity contribution in [3.63, 3.8) is 0 Å². The minimum atomic E-state index is -2.86. The number of benzene rings is 2. The molecule has 0 saturated heterocycles. The van der Waals surface area contributed by atoms with Gasteiger partial charge in [0, 0.05) is 33.1 Å². The van der Waals surface area contributed by atoms with Gasteiger partial charge in [0.15, 0.2) is 6.29 Å². The van der Waals surface area contributed by atoms with Gasteiger partial charge >= 0.3 is 6.09 Å². The molecule has 1 N–H and O–H groups in total. The van der Waals surface area contributed by atoms with Crippen molar-refractivity contribution >= 4 is 41.1 Å². The van der Waals surface area contributed by atoms with Crippen molar-refractivity contribution in [3.05, 3.63) is 65.2 Å². The van der Waals surface area contributed by atoms with Crippen LogP contribution in [0.2, 0.25) is 0 Å². The van der Waals surface area contributed by atoms with E-state index in [1.165, 1.54) is 35.9 Å². The first kappa shape index (κ1) is 42.1. The Balaban J connectivity index is 0.00000195. The van der Waals surface area contributed by atoms with Crippen LogP contribution in [-0.4, -0.2) is 80.9 Å². The number of aryl methyl sites for hydroxylation is 1. The van der Waals surface area contributed by atoms with Crippen molar-refractivity contribution in [2.75, 3.05) is 53.0 Å². The minimum Gasteiger partial charge on any atom is -0.444 e. The number of amides is 1. The number of aldehydes is 1. The largest absolute Gasteiger partial charge is 0.444 e. The zero-order valence-electron chi connectivity index (χ0n) is 28.6. The van der Waals surface area contributed by atoms with Gasteiger partial charge in [0.1, 0.15) is 17.2 Å². The van der Waals surface area contributed by atoms with Crippen LogP contribution < -0.4 is 4.52 Å². The molecular weight excluding hydrogens is 692 g/mol. The number of hydrogen-bond donors (Lipinski definition) is 1. The number of carbonyl (C=O) groups excluding carboxylic acids is 2. The number of nitrogens with zero attached hydrogens (tertiary/aromatic N) is 1. The van der Waals surface area contributed by atoms with Gasteiger partial charge < -0.3 is 28.6 Å². The standard InChI is InChI=1S/C32H48NO7P.C2H6BrOP/c1-32(2,3)39-31(36)33(24-29(35)27-18-19-30(28(23-27)25-34)40-41(4,5)37)20-12-6-7-13-21-38-22-14-11-17-26-15-9-8-10-16-26;1-5(2,3)4/h8-10,15-16,18-19,23,25,29,35H,6-7,11-14,17,20-22,24H2,1-5H3;1-2H3. The van der Waals surface area contributed by atoms with Gasteiger partial charge in [-0.2, -0.15) is 0 Å². The first-order valence-corrected chi connectivity index (χ1v) is 22.9. The molecule has 1 amide bonds. The summed E-state index contributed by atoms with van der Waals surface area (Å²) >= 11 is 2.93. The summed E-state index contributed by atoms with van der Waals surface area (Å²) in [5.41, 5.74) is 1.33. The molecule has 12 heteroatoms. The number of hydrogen-bond acceptors (Lipinski definition) is 8. The molecule has 0 radical (unpaired) electrons. The molecule has 1 atom stereocenters. The fraction of sp³-hybridized carbons (Fsp3) is 0.588. The highest BCUT2D eigenvalue weighted by Gasteiger charge is 2.25.